The largest absolute Gasteiger partial charge is 0.444 e. The Bertz CT molecular complexity index is 237. The first kappa shape index (κ1) is 14.9. The molecule has 6 nitrogen and oxygen atoms in total. The van der Waals surface area contributed by atoms with Crippen molar-refractivity contribution in [2.45, 2.75) is 39.0 Å². The van der Waals surface area contributed by atoms with Crippen LogP contribution in [-0.2, 0) is 14.4 Å². The fourth-order valence-corrected chi connectivity index (χ4v) is 0.960. The number of aldehydes is 1. The van der Waals surface area contributed by atoms with Gasteiger partial charge in [0.1, 0.15) is 18.1 Å². The van der Waals surface area contributed by atoms with E-state index in [1.807, 2.05) is 0 Å². The number of alkyl carbamates (subject to hydrolysis) is 1. The molecular formula is C10H20N2O4. The van der Waals surface area contributed by atoms with E-state index in [4.69, 9.17) is 9.57 Å². The lowest BCUT2D eigenvalue weighted by Crippen LogP contribution is -2.47. The first-order valence-electron chi connectivity index (χ1n) is 5.00. The summed E-state index contributed by atoms with van der Waals surface area (Å²) in [5.74, 6) is 0. The third kappa shape index (κ3) is 6.36. The molecule has 0 heterocycles. The van der Waals surface area contributed by atoms with Crippen molar-refractivity contribution in [1.29, 1.82) is 0 Å². The van der Waals surface area contributed by atoms with Gasteiger partial charge in [-0.25, -0.2) is 4.79 Å². The summed E-state index contributed by atoms with van der Waals surface area (Å²) in [7, 11) is 3.07. The van der Waals surface area contributed by atoms with Crippen molar-refractivity contribution in [1.82, 2.24) is 10.4 Å². The first-order chi connectivity index (χ1) is 7.30. The second-order valence-corrected chi connectivity index (χ2v) is 4.29. The number of rotatable bonds is 5. The molecule has 94 valence electrons. The van der Waals surface area contributed by atoms with E-state index in [1.54, 1.807) is 27.8 Å². The molecule has 1 atom stereocenters. The Labute approximate surface area is 95.8 Å². The number of amides is 1. The zero-order valence-corrected chi connectivity index (χ0v) is 10.4. The Kier molecular flexibility index (Phi) is 5.98. The number of carbonyl (C=O) groups excluding carboxylic acids is 2. The highest BCUT2D eigenvalue weighted by molar-refractivity contribution is 5.68. The van der Waals surface area contributed by atoms with Gasteiger partial charge in [0, 0.05) is 13.5 Å². The van der Waals surface area contributed by atoms with Gasteiger partial charge in [-0.2, -0.15) is 5.06 Å². The van der Waals surface area contributed by atoms with Crippen molar-refractivity contribution >= 4 is 12.4 Å². The Morgan fingerprint density at radius 3 is 2.44 bits per heavy atom. The van der Waals surface area contributed by atoms with Crippen LogP contribution in [0.4, 0.5) is 4.79 Å². The standard InChI is InChI=1S/C10H20N2O4/c1-10(2,3)16-9(14)11-8(6-7-13)12(4)15-5/h7-8H,6H2,1-5H3,(H,11,14)/t8-/m0/s1. The van der Waals surface area contributed by atoms with E-state index in [0.29, 0.717) is 6.29 Å². The predicted octanol–water partition coefficient (Wildman–Crippen LogP) is 0.919. The number of hydrogen-bond donors (Lipinski definition) is 1. The fraction of sp³-hybridized carbons (Fsp3) is 0.800. The maximum absolute atomic E-state index is 11.4. The molecule has 0 unspecified atom stereocenters. The van der Waals surface area contributed by atoms with Crippen molar-refractivity contribution in [3.8, 4) is 0 Å². The van der Waals surface area contributed by atoms with Crippen LogP contribution >= 0.6 is 0 Å². The van der Waals surface area contributed by atoms with E-state index in [0.717, 1.165) is 0 Å². The summed E-state index contributed by atoms with van der Waals surface area (Å²) in [6.07, 6.45) is -0.276. The van der Waals surface area contributed by atoms with E-state index in [1.165, 1.54) is 12.2 Å². The smallest absolute Gasteiger partial charge is 0.408 e. The molecule has 0 aliphatic carbocycles. The van der Waals surface area contributed by atoms with Crippen LogP contribution in [0.1, 0.15) is 27.2 Å². The molecule has 0 aliphatic heterocycles. The van der Waals surface area contributed by atoms with Crippen LogP contribution in [0.3, 0.4) is 0 Å². The summed E-state index contributed by atoms with van der Waals surface area (Å²) in [5, 5.41) is 3.91. The average molecular weight is 232 g/mol. The minimum atomic E-state index is -0.580. The third-order valence-electron chi connectivity index (χ3n) is 1.73. The quantitative estimate of drug-likeness (QED) is 0.433. The molecule has 0 saturated heterocycles. The summed E-state index contributed by atoms with van der Waals surface area (Å²) >= 11 is 0. The molecule has 0 rings (SSSR count). The van der Waals surface area contributed by atoms with E-state index in [2.05, 4.69) is 5.32 Å². The molecule has 1 amide bonds. The highest BCUT2D eigenvalue weighted by atomic mass is 16.7. The predicted molar refractivity (Wildman–Crippen MR) is 58.6 cm³/mol. The number of nitrogens with one attached hydrogen (secondary N) is 1. The fourth-order valence-electron chi connectivity index (χ4n) is 0.960. The molecule has 0 aromatic carbocycles. The van der Waals surface area contributed by atoms with Gasteiger partial charge in [-0.05, 0) is 20.8 Å². The van der Waals surface area contributed by atoms with Crippen molar-refractivity contribution in [3.05, 3.63) is 0 Å². The van der Waals surface area contributed by atoms with Crippen molar-refractivity contribution in [3.63, 3.8) is 0 Å². The molecule has 0 aromatic heterocycles. The van der Waals surface area contributed by atoms with Gasteiger partial charge >= 0.3 is 6.09 Å². The summed E-state index contributed by atoms with van der Waals surface area (Å²) in [4.78, 5) is 26.8. The topological polar surface area (TPSA) is 67.9 Å². The molecule has 0 saturated carbocycles. The molecule has 0 aromatic rings. The lowest BCUT2D eigenvalue weighted by Gasteiger charge is -2.27. The van der Waals surface area contributed by atoms with Crippen molar-refractivity contribution in [2.24, 2.45) is 0 Å². The lowest BCUT2D eigenvalue weighted by atomic mass is 10.2. The van der Waals surface area contributed by atoms with E-state index >= 15 is 0 Å². The number of nitrogens with zero attached hydrogens (tertiary/aromatic N) is 1. The van der Waals surface area contributed by atoms with Gasteiger partial charge in [0.25, 0.3) is 0 Å². The summed E-state index contributed by atoms with van der Waals surface area (Å²) in [6.45, 7) is 5.30. The van der Waals surface area contributed by atoms with Gasteiger partial charge in [-0.3, -0.25) is 0 Å². The molecule has 6 heteroatoms. The van der Waals surface area contributed by atoms with Crippen LogP contribution in [0.5, 0.6) is 0 Å². The molecule has 0 spiro atoms. The molecule has 1 N–H and O–H groups in total. The zero-order valence-electron chi connectivity index (χ0n) is 10.4. The molecule has 0 aliphatic rings. The third-order valence-corrected chi connectivity index (χ3v) is 1.73. The average Bonchev–Trinajstić information content (AvgIpc) is 2.13. The maximum atomic E-state index is 11.4. The van der Waals surface area contributed by atoms with Crippen LogP contribution < -0.4 is 5.32 Å². The van der Waals surface area contributed by atoms with Crippen LogP contribution in [-0.4, -0.2) is 43.4 Å². The van der Waals surface area contributed by atoms with Gasteiger partial charge < -0.3 is 19.7 Å². The Morgan fingerprint density at radius 2 is 2.06 bits per heavy atom. The highest BCUT2D eigenvalue weighted by Crippen LogP contribution is 2.07. The normalized spacial score (nSPS) is 13.4. The first-order valence-corrected chi connectivity index (χ1v) is 5.00. The van der Waals surface area contributed by atoms with Crippen LogP contribution in [0.25, 0.3) is 0 Å². The Hall–Kier alpha value is -1.14. The summed E-state index contributed by atoms with van der Waals surface area (Å²) in [5.41, 5.74) is -0.568. The molecule has 0 radical (unpaired) electrons. The van der Waals surface area contributed by atoms with Crippen LogP contribution in [0.2, 0.25) is 0 Å². The second-order valence-electron chi connectivity index (χ2n) is 4.29. The van der Waals surface area contributed by atoms with Crippen molar-refractivity contribution < 1.29 is 19.2 Å². The highest BCUT2D eigenvalue weighted by Gasteiger charge is 2.21. The minimum absolute atomic E-state index is 0.129. The van der Waals surface area contributed by atoms with Gasteiger partial charge in [-0.15, -0.1) is 0 Å². The lowest BCUT2D eigenvalue weighted by molar-refractivity contribution is -0.151. The van der Waals surface area contributed by atoms with E-state index in [9.17, 15) is 9.59 Å². The number of carbonyl (C=O) groups is 2. The van der Waals surface area contributed by atoms with Crippen molar-refractivity contribution in [2.75, 3.05) is 14.2 Å². The maximum Gasteiger partial charge on any atom is 0.408 e. The monoisotopic (exact) mass is 232 g/mol. The van der Waals surface area contributed by atoms with Gasteiger partial charge in [-0.1, -0.05) is 0 Å². The molecular weight excluding hydrogens is 212 g/mol. The van der Waals surface area contributed by atoms with Crippen LogP contribution in [0, 0.1) is 0 Å². The van der Waals surface area contributed by atoms with Crippen LogP contribution in [0.15, 0.2) is 0 Å². The molecule has 16 heavy (non-hydrogen) atoms. The van der Waals surface area contributed by atoms with Gasteiger partial charge in [0.05, 0.1) is 7.11 Å². The SMILES string of the molecule is CON(C)[C@@H](CC=O)NC(=O)OC(C)(C)C. The molecule has 0 fully saturated rings. The van der Waals surface area contributed by atoms with Gasteiger partial charge in [0.15, 0.2) is 0 Å². The Morgan fingerprint density at radius 1 is 1.50 bits per heavy atom. The zero-order chi connectivity index (χ0) is 12.8. The van der Waals surface area contributed by atoms with Gasteiger partial charge in [0.2, 0.25) is 0 Å². The molecule has 0 bridgehead atoms. The number of hydroxylamine groups is 2. The summed E-state index contributed by atoms with van der Waals surface area (Å²) in [6, 6.07) is 0. The second kappa shape index (κ2) is 6.44. The van der Waals surface area contributed by atoms with E-state index in [-0.39, 0.29) is 6.42 Å². The summed E-state index contributed by atoms with van der Waals surface area (Å²) < 4.78 is 5.06. The minimum Gasteiger partial charge on any atom is -0.444 e. The number of hydrogen-bond acceptors (Lipinski definition) is 5. The van der Waals surface area contributed by atoms with E-state index < -0.39 is 17.9 Å². The Balaban J connectivity index is 4.28. The number of ether oxygens (including phenoxy) is 1.